The van der Waals surface area contributed by atoms with Crippen molar-refractivity contribution in [1.29, 1.82) is 0 Å². The smallest absolute Gasteiger partial charge is 0.137 e. The number of allylic oxidation sites excluding steroid dienone is 1. The number of carbonyl (C=O) groups excluding carboxylic acids is 2. The average Bonchev–Trinajstić information content (AvgIpc) is 2.34. The minimum Gasteiger partial charge on any atom is -0.377 e. The Balaban J connectivity index is 2.39. The maximum atomic E-state index is 11.6. The van der Waals surface area contributed by atoms with E-state index in [4.69, 9.17) is 0 Å². The minimum atomic E-state index is 0.194. The fraction of sp³-hybridized carbons (Fsp3) is 0.733. The molecule has 1 aliphatic heterocycles. The molecule has 0 unspecified atom stereocenters. The standard InChI is InChI=1S/C15H25NO2/c1-13(2)7-9-16-8-3-5-14(12-16)11-15(18)6-4-10-17/h10,12-13H,3-9,11H2,1-2H3. The molecule has 0 N–H and O–H groups in total. The van der Waals surface area contributed by atoms with Gasteiger partial charge in [-0.1, -0.05) is 13.8 Å². The number of hydrogen-bond acceptors (Lipinski definition) is 3. The van der Waals surface area contributed by atoms with Gasteiger partial charge in [0.15, 0.2) is 0 Å². The molecule has 0 amide bonds. The summed E-state index contributed by atoms with van der Waals surface area (Å²) in [6.45, 7) is 6.66. The molecular weight excluding hydrogens is 226 g/mol. The first-order chi connectivity index (χ1) is 8.61. The number of nitrogens with zero attached hydrogens (tertiary/aromatic N) is 1. The topological polar surface area (TPSA) is 37.4 Å². The zero-order chi connectivity index (χ0) is 13.4. The highest BCUT2D eigenvalue weighted by atomic mass is 16.1. The first-order valence-electron chi connectivity index (χ1n) is 7.00. The lowest BCUT2D eigenvalue weighted by molar-refractivity contribution is -0.120. The number of carbonyl (C=O) groups is 2. The van der Waals surface area contributed by atoms with Gasteiger partial charge in [0.25, 0.3) is 0 Å². The van der Waals surface area contributed by atoms with E-state index in [0.717, 1.165) is 38.1 Å². The van der Waals surface area contributed by atoms with Crippen molar-refractivity contribution in [3.05, 3.63) is 11.8 Å². The third-order valence-electron chi connectivity index (χ3n) is 3.27. The fourth-order valence-corrected chi connectivity index (χ4v) is 2.19. The van der Waals surface area contributed by atoms with Crippen LogP contribution >= 0.6 is 0 Å². The van der Waals surface area contributed by atoms with E-state index >= 15 is 0 Å². The van der Waals surface area contributed by atoms with Gasteiger partial charge in [0.05, 0.1) is 0 Å². The van der Waals surface area contributed by atoms with Crippen molar-refractivity contribution in [1.82, 2.24) is 4.90 Å². The normalized spacial score (nSPS) is 15.7. The molecule has 102 valence electrons. The molecule has 0 aliphatic carbocycles. The van der Waals surface area contributed by atoms with E-state index in [9.17, 15) is 9.59 Å². The lowest BCUT2D eigenvalue weighted by Crippen LogP contribution is -2.25. The molecule has 1 aliphatic rings. The highest BCUT2D eigenvalue weighted by Gasteiger charge is 2.13. The summed E-state index contributed by atoms with van der Waals surface area (Å²) < 4.78 is 0. The van der Waals surface area contributed by atoms with Gasteiger partial charge in [-0.3, -0.25) is 4.79 Å². The van der Waals surface area contributed by atoms with Crippen LogP contribution < -0.4 is 0 Å². The first kappa shape index (κ1) is 14.9. The van der Waals surface area contributed by atoms with Gasteiger partial charge in [-0.2, -0.15) is 0 Å². The number of rotatable bonds is 8. The molecule has 3 heteroatoms. The Kier molecular flexibility index (Phi) is 6.69. The Labute approximate surface area is 110 Å². The molecule has 0 aromatic carbocycles. The molecule has 1 heterocycles. The van der Waals surface area contributed by atoms with Gasteiger partial charge in [-0.25, -0.2) is 0 Å². The van der Waals surface area contributed by atoms with E-state index < -0.39 is 0 Å². The van der Waals surface area contributed by atoms with Gasteiger partial charge < -0.3 is 9.69 Å². The predicted molar refractivity (Wildman–Crippen MR) is 73.3 cm³/mol. The molecule has 0 saturated carbocycles. The van der Waals surface area contributed by atoms with Crippen LogP contribution in [-0.4, -0.2) is 30.1 Å². The number of ketones is 1. The van der Waals surface area contributed by atoms with E-state index in [1.807, 2.05) is 0 Å². The first-order valence-corrected chi connectivity index (χ1v) is 7.00. The van der Waals surface area contributed by atoms with Crippen LogP contribution in [0.4, 0.5) is 0 Å². The van der Waals surface area contributed by atoms with Gasteiger partial charge in [0.2, 0.25) is 0 Å². The summed E-state index contributed by atoms with van der Waals surface area (Å²) in [5.74, 6) is 0.914. The van der Waals surface area contributed by atoms with Crippen molar-refractivity contribution in [3.63, 3.8) is 0 Å². The van der Waals surface area contributed by atoms with Crippen LogP contribution in [0, 0.1) is 5.92 Å². The summed E-state index contributed by atoms with van der Waals surface area (Å²) in [5, 5.41) is 0. The van der Waals surface area contributed by atoms with E-state index in [2.05, 4.69) is 24.9 Å². The molecule has 0 atom stereocenters. The second-order valence-electron chi connectivity index (χ2n) is 5.53. The maximum absolute atomic E-state index is 11.6. The Morgan fingerprint density at radius 3 is 2.94 bits per heavy atom. The predicted octanol–water partition coefficient (Wildman–Crippen LogP) is 2.95. The van der Waals surface area contributed by atoms with Crippen LogP contribution in [0.3, 0.4) is 0 Å². The van der Waals surface area contributed by atoms with Crippen LogP contribution in [0.2, 0.25) is 0 Å². The maximum Gasteiger partial charge on any atom is 0.137 e. The Hall–Kier alpha value is -1.12. The van der Waals surface area contributed by atoms with Crippen LogP contribution in [0.25, 0.3) is 0 Å². The molecule has 0 bridgehead atoms. The SMILES string of the molecule is CC(C)CCN1C=C(CC(=O)CCC=O)CCC1. The molecule has 3 nitrogen and oxygen atoms in total. The highest BCUT2D eigenvalue weighted by molar-refractivity contribution is 5.82. The number of aldehydes is 1. The summed E-state index contributed by atoms with van der Waals surface area (Å²) in [6.07, 6.45) is 7.66. The lowest BCUT2D eigenvalue weighted by atomic mass is 9.99. The van der Waals surface area contributed by atoms with E-state index in [1.54, 1.807) is 0 Å². The second kappa shape index (κ2) is 8.06. The van der Waals surface area contributed by atoms with Crippen LogP contribution in [0.1, 0.15) is 52.4 Å². The largest absolute Gasteiger partial charge is 0.377 e. The van der Waals surface area contributed by atoms with E-state index in [-0.39, 0.29) is 5.78 Å². The molecule has 0 spiro atoms. The molecule has 0 aromatic rings. The van der Waals surface area contributed by atoms with Crippen LogP contribution in [-0.2, 0) is 9.59 Å². The molecule has 18 heavy (non-hydrogen) atoms. The lowest BCUT2D eigenvalue weighted by Gasteiger charge is -2.27. The summed E-state index contributed by atoms with van der Waals surface area (Å²) in [7, 11) is 0. The van der Waals surface area contributed by atoms with Crippen molar-refractivity contribution in [3.8, 4) is 0 Å². The van der Waals surface area contributed by atoms with Crippen molar-refractivity contribution in [2.24, 2.45) is 5.92 Å². The average molecular weight is 251 g/mol. The van der Waals surface area contributed by atoms with Crippen molar-refractivity contribution < 1.29 is 9.59 Å². The van der Waals surface area contributed by atoms with Gasteiger partial charge in [0.1, 0.15) is 12.1 Å². The molecule has 0 saturated heterocycles. The van der Waals surface area contributed by atoms with Gasteiger partial charge in [-0.15, -0.1) is 0 Å². The molecule has 1 rings (SSSR count). The zero-order valence-electron chi connectivity index (χ0n) is 11.7. The van der Waals surface area contributed by atoms with Crippen LogP contribution in [0.15, 0.2) is 11.8 Å². The quantitative estimate of drug-likeness (QED) is 0.622. The second-order valence-corrected chi connectivity index (χ2v) is 5.53. The summed E-state index contributed by atoms with van der Waals surface area (Å²) in [4.78, 5) is 24.2. The van der Waals surface area contributed by atoms with Gasteiger partial charge >= 0.3 is 0 Å². The highest BCUT2D eigenvalue weighted by Crippen LogP contribution is 2.19. The van der Waals surface area contributed by atoms with E-state index in [1.165, 1.54) is 12.0 Å². The summed E-state index contributed by atoms with van der Waals surface area (Å²) >= 11 is 0. The molecular formula is C15H25NO2. The third-order valence-corrected chi connectivity index (χ3v) is 3.27. The van der Waals surface area contributed by atoms with Crippen molar-refractivity contribution >= 4 is 12.1 Å². The van der Waals surface area contributed by atoms with Crippen molar-refractivity contribution in [2.45, 2.75) is 52.4 Å². The Bertz CT molecular complexity index is 308. The number of Topliss-reactive ketones (excluding diaryl/α,β-unsaturated/α-hetero) is 1. The monoisotopic (exact) mass is 251 g/mol. The van der Waals surface area contributed by atoms with E-state index in [0.29, 0.717) is 19.3 Å². The minimum absolute atomic E-state index is 0.194. The zero-order valence-corrected chi connectivity index (χ0v) is 11.7. The van der Waals surface area contributed by atoms with Crippen molar-refractivity contribution in [2.75, 3.05) is 13.1 Å². The fourth-order valence-electron chi connectivity index (χ4n) is 2.19. The molecule has 0 radical (unpaired) electrons. The molecule has 0 fully saturated rings. The van der Waals surface area contributed by atoms with Crippen LogP contribution in [0.5, 0.6) is 0 Å². The molecule has 0 aromatic heterocycles. The number of hydrogen-bond donors (Lipinski definition) is 0. The Morgan fingerprint density at radius 1 is 1.50 bits per heavy atom. The summed E-state index contributed by atoms with van der Waals surface area (Å²) in [6, 6.07) is 0. The summed E-state index contributed by atoms with van der Waals surface area (Å²) in [5.41, 5.74) is 1.24. The Morgan fingerprint density at radius 2 is 2.28 bits per heavy atom. The van der Waals surface area contributed by atoms with Gasteiger partial charge in [0, 0.05) is 32.4 Å². The third kappa shape index (κ3) is 5.99. The van der Waals surface area contributed by atoms with Gasteiger partial charge in [-0.05, 0) is 37.0 Å².